The van der Waals surface area contributed by atoms with Gasteiger partial charge in [-0.2, -0.15) is 0 Å². The molecule has 1 aliphatic heterocycles. The Kier molecular flexibility index (Phi) is 4.53. The Bertz CT molecular complexity index is 429. The zero-order valence-electron chi connectivity index (χ0n) is 11.3. The summed E-state index contributed by atoms with van der Waals surface area (Å²) < 4.78 is 0. The lowest BCUT2D eigenvalue weighted by molar-refractivity contribution is -0.125. The fourth-order valence-electron chi connectivity index (χ4n) is 3.55. The van der Waals surface area contributed by atoms with Gasteiger partial charge in [0.15, 0.2) is 0 Å². The number of alkyl halides is 2. The van der Waals surface area contributed by atoms with Crippen LogP contribution in [0.5, 0.6) is 0 Å². The third kappa shape index (κ3) is 2.97. The number of hydrogen-bond acceptors (Lipinski definition) is 3. The molecule has 0 aromatic carbocycles. The molecule has 0 spiro atoms. The zero-order chi connectivity index (χ0) is 14.3. The van der Waals surface area contributed by atoms with Gasteiger partial charge < -0.3 is 10.4 Å². The number of hydrogen-bond donors (Lipinski definition) is 2. The molecule has 3 rings (SSSR count). The third-order valence-electron chi connectivity index (χ3n) is 4.74. The van der Waals surface area contributed by atoms with Crippen LogP contribution in [0.2, 0.25) is 0 Å². The van der Waals surface area contributed by atoms with Crippen LogP contribution >= 0.6 is 31.9 Å². The van der Waals surface area contributed by atoms with Gasteiger partial charge in [0, 0.05) is 15.6 Å². The summed E-state index contributed by atoms with van der Waals surface area (Å²) in [5.41, 5.74) is 0. The predicted octanol–water partition coefficient (Wildman–Crippen LogP) is 2.37. The average molecular weight is 408 g/mol. The van der Waals surface area contributed by atoms with Gasteiger partial charge >= 0.3 is 0 Å². The largest absolute Gasteiger partial charge is 0.392 e. The molecule has 0 radical (unpaired) electrons. The average Bonchev–Trinajstić information content (AvgIpc) is 2.42. The maximum Gasteiger partial charge on any atom is 0.230 e. The van der Waals surface area contributed by atoms with Gasteiger partial charge in [0.1, 0.15) is 5.84 Å². The fraction of sp³-hybridized carbons (Fsp3) is 0.857. The highest BCUT2D eigenvalue weighted by molar-refractivity contribution is 9.09. The van der Waals surface area contributed by atoms with E-state index in [1.54, 1.807) is 0 Å². The minimum absolute atomic E-state index is 0.00243. The number of nitrogens with zero attached hydrogens (tertiary/aromatic N) is 1. The van der Waals surface area contributed by atoms with Crippen molar-refractivity contribution in [1.29, 1.82) is 0 Å². The Balaban J connectivity index is 1.79. The lowest BCUT2D eigenvalue weighted by atomic mass is 9.80. The van der Waals surface area contributed by atoms with Crippen LogP contribution in [0.4, 0.5) is 0 Å². The molecule has 2 N–H and O–H groups in total. The van der Waals surface area contributed by atoms with Crippen LogP contribution in [0.15, 0.2) is 4.99 Å². The van der Waals surface area contributed by atoms with Gasteiger partial charge in [0.2, 0.25) is 5.91 Å². The molecule has 20 heavy (non-hydrogen) atoms. The number of nitrogens with one attached hydrogen (secondary N) is 1. The summed E-state index contributed by atoms with van der Waals surface area (Å²) in [6, 6.07) is 0.107. The van der Waals surface area contributed by atoms with Crippen molar-refractivity contribution in [3.63, 3.8) is 0 Å². The van der Waals surface area contributed by atoms with E-state index in [9.17, 15) is 9.90 Å². The number of aliphatic hydroxyl groups is 1. The monoisotopic (exact) mass is 406 g/mol. The minimum atomic E-state index is -0.382. The first-order chi connectivity index (χ1) is 9.54. The minimum Gasteiger partial charge on any atom is -0.392 e. The highest BCUT2D eigenvalue weighted by Crippen LogP contribution is 2.36. The van der Waals surface area contributed by atoms with E-state index >= 15 is 0 Å². The molecular weight excluding hydrogens is 388 g/mol. The molecule has 1 heterocycles. The lowest BCUT2D eigenvalue weighted by Crippen LogP contribution is -2.53. The van der Waals surface area contributed by atoms with Crippen molar-refractivity contribution in [2.45, 2.75) is 60.3 Å². The van der Waals surface area contributed by atoms with Crippen LogP contribution in [0, 0.1) is 11.8 Å². The van der Waals surface area contributed by atoms with E-state index in [0.29, 0.717) is 9.65 Å². The summed E-state index contributed by atoms with van der Waals surface area (Å²) in [6.45, 7) is 0. The number of carbonyl (C=O) groups excluding carboxylic acids is 1. The van der Waals surface area contributed by atoms with Crippen molar-refractivity contribution < 1.29 is 9.90 Å². The predicted molar refractivity (Wildman–Crippen MR) is 85.5 cm³/mol. The molecule has 2 fully saturated rings. The van der Waals surface area contributed by atoms with Gasteiger partial charge in [-0.25, -0.2) is 0 Å². The van der Waals surface area contributed by atoms with E-state index in [1.807, 2.05) is 0 Å². The summed E-state index contributed by atoms with van der Waals surface area (Å²) in [5.74, 6) is 0.783. The SMILES string of the molecule is O=C1NC(C2CC(Br)CCC2O)=NC2CCC(Br)CC12. The molecule has 2 aliphatic carbocycles. The molecule has 0 aromatic heterocycles. The van der Waals surface area contributed by atoms with Crippen LogP contribution < -0.4 is 5.32 Å². The quantitative estimate of drug-likeness (QED) is 0.655. The van der Waals surface area contributed by atoms with E-state index in [4.69, 9.17) is 4.99 Å². The van der Waals surface area contributed by atoms with Crippen LogP contribution in [0.3, 0.4) is 0 Å². The Morgan fingerprint density at radius 1 is 1.05 bits per heavy atom. The maximum absolute atomic E-state index is 12.3. The van der Waals surface area contributed by atoms with E-state index in [2.05, 4.69) is 37.2 Å². The van der Waals surface area contributed by atoms with Gasteiger partial charge in [-0.15, -0.1) is 0 Å². The van der Waals surface area contributed by atoms with E-state index in [0.717, 1.165) is 44.4 Å². The molecule has 3 aliphatic rings. The van der Waals surface area contributed by atoms with Gasteiger partial charge in [-0.1, -0.05) is 31.9 Å². The molecule has 6 heteroatoms. The number of amidine groups is 1. The van der Waals surface area contributed by atoms with Crippen LogP contribution in [-0.2, 0) is 4.79 Å². The molecule has 0 aromatic rings. The molecule has 0 saturated heterocycles. The first-order valence-corrected chi connectivity index (χ1v) is 9.22. The standard InChI is InChI=1S/C14H20Br2N2O2/c15-7-1-3-11-9(5-7)14(20)18-13(17-11)10-6-8(16)2-4-12(10)19/h7-12,19H,1-6H2,(H,17,18,20). The summed E-state index contributed by atoms with van der Waals surface area (Å²) in [4.78, 5) is 17.9. The third-order valence-corrected chi connectivity index (χ3v) is 6.41. The van der Waals surface area contributed by atoms with Crippen molar-refractivity contribution >= 4 is 43.6 Å². The molecular formula is C14H20Br2N2O2. The van der Waals surface area contributed by atoms with Crippen molar-refractivity contribution in [1.82, 2.24) is 5.32 Å². The van der Waals surface area contributed by atoms with Crippen LogP contribution in [0.1, 0.15) is 38.5 Å². The van der Waals surface area contributed by atoms with Crippen molar-refractivity contribution in [2.24, 2.45) is 16.8 Å². The first-order valence-electron chi connectivity index (χ1n) is 7.39. The second-order valence-corrected chi connectivity index (χ2v) is 8.76. The first kappa shape index (κ1) is 15.0. The van der Waals surface area contributed by atoms with Crippen LogP contribution in [-0.4, -0.2) is 38.6 Å². The number of carbonyl (C=O) groups is 1. The molecule has 2 saturated carbocycles. The van der Waals surface area contributed by atoms with Crippen molar-refractivity contribution in [3.8, 4) is 0 Å². The number of aliphatic hydroxyl groups excluding tert-OH is 1. The lowest BCUT2D eigenvalue weighted by Gasteiger charge is -2.39. The zero-order valence-corrected chi connectivity index (χ0v) is 14.4. The molecule has 6 unspecified atom stereocenters. The Labute approximate surface area is 136 Å². The highest BCUT2D eigenvalue weighted by atomic mass is 79.9. The topological polar surface area (TPSA) is 61.7 Å². The molecule has 0 bridgehead atoms. The van der Waals surface area contributed by atoms with E-state index in [1.165, 1.54) is 0 Å². The van der Waals surface area contributed by atoms with Gasteiger partial charge in [0.25, 0.3) is 0 Å². The maximum atomic E-state index is 12.3. The van der Waals surface area contributed by atoms with E-state index < -0.39 is 0 Å². The Morgan fingerprint density at radius 2 is 1.70 bits per heavy atom. The number of halogens is 2. The number of rotatable bonds is 1. The Morgan fingerprint density at radius 3 is 2.45 bits per heavy atom. The highest BCUT2D eigenvalue weighted by Gasteiger charge is 2.41. The number of fused-ring (bicyclic) bond motifs is 1. The van der Waals surface area contributed by atoms with Crippen LogP contribution in [0.25, 0.3) is 0 Å². The summed E-state index contributed by atoms with van der Waals surface area (Å²) in [7, 11) is 0. The van der Waals surface area contributed by atoms with Gasteiger partial charge in [-0.05, 0) is 38.5 Å². The number of aliphatic imine (C=N–C) groups is 1. The summed E-state index contributed by atoms with van der Waals surface area (Å²) in [5, 5.41) is 13.2. The summed E-state index contributed by atoms with van der Waals surface area (Å²) in [6.07, 6.45) is 5.10. The van der Waals surface area contributed by atoms with Crippen molar-refractivity contribution in [3.05, 3.63) is 0 Å². The van der Waals surface area contributed by atoms with Gasteiger partial charge in [0.05, 0.1) is 18.1 Å². The van der Waals surface area contributed by atoms with E-state index in [-0.39, 0.29) is 29.9 Å². The second kappa shape index (κ2) is 6.05. The number of amides is 1. The molecule has 6 atom stereocenters. The Hall–Kier alpha value is 0.0600. The fourth-order valence-corrected chi connectivity index (χ4v) is 4.89. The molecule has 112 valence electrons. The van der Waals surface area contributed by atoms with Gasteiger partial charge in [-0.3, -0.25) is 9.79 Å². The second-order valence-electron chi connectivity index (χ2n) is 6.17. The smallest absolute Gasteiger partial charge is 0.230 e. The van der Waals surface area contributed by atoms with Crippen molar-refractivity contribution in [2.75, 3.05) is 0 Å². The normalized spacial score (nSPS) is 45.4. The summed E-state index contributed by atoms with van der Waals surface area (Å²) >= 11 is 7.24. The molecule has 4 nitrogen and oxygen atoms in total. The molecule has 1 amide bonds.